The molecule has 0 saturated carbocycles. The van der Waals surface area contributed by atoms with Crippen LogP contribution in [0.5, 0.6) is 0 Å². The van der Waals surface area contributed by atoms with E-state index in [1.54, 1.807) is 7.11 Å². The van der Waals surface area contributed by atoms with E-state index in [2.05, 4.69) is 35.2 Å². The van der Waals surface area contributed by atoms with Gasteiger partial charge in [-0.2, -0.15) is 0 Å². The SMILES string of the molecule is COCc1cccc(N2Cc3cccc(N)c3C2)c1. The highest BCUT2D eigenvalue weighted by atomic mass is 16.5. The molecule has 0 saturated heterocycles. The van der Waals surface area contributed by atoms with E-state index in [0.29, 0.717) is 6.61 Å². The zero-order valence-corrected chi connectivity index (χ0v) is 11.1. The highest BCUT2D eigenvalue weighted by Gasteiger charge is 2.20. The van der Waals surface area contributed by atoms with Gasteiger partial charge in [0.1, 0.15) is 0 Å². The Morgan fingerprint density at radius 3 is 2.79 bits per heavy atom. The third-order valence-electron chi connectivity index (χ3n) is 3.61. The standard InChI is InChI=1S/C16H18N2O/c1-19-11-12-4-2-6-14(8-12)18-9-13-5-3-7-16(17)15(13)10-18/h2-8H,9-11,17H2,1H3. The number of nitrogens with zero attached hydrogens (tertiary/aromatic N) is 1. The first-order valence-electron chi connectivity index (χ1n) is 6.47. The lowest BCUT2D eigenvalue weighted by molar-refractivity contribution is 0.185. The van der Waals surface area contributed by atoms with E-state index < -0.39 is 0 Å². The topological polar surface area (TPSA) is 38.5 Å². The monoisotopic (exact) mass is 254 g/mol. The summed E-state index contributed by atoms with van der Waals surface area (Å²) in [6.07, 6.45) is 0. The molecule has 0 spiro atoms. The molecule has 3 rings (SSSR count). The Morgan fingerprint density at radius 2 is 2.00 bits per heavy atom. The third kappa shape index (κ3) is 2.29. The summed E-state index contributed by atoms with van der Waals surface area (Å²) in [6.45, 7) is 2.46. The number of benzene rings is 2. The maximum atomic E-state index is 6.04. The van der Waals surface area contributed by atoms with Crippen molar-refractivity contribution in [1.82, 2.24) is 0 Å². The number of hydrogen-bond donors (Lipinski definition) is 1. The summed E-state index contributed by atoms with van der Waals surface area (Å²) in [5.41, 5.74) is 12.0. The molecule has 2 aromatic carbocycles. The van der Waals surface area contributed by atoms with Crippen LogP contribution in [-0.2, 0) is 24.4 Å². The Bertz CT molecular complexity index is 595. The van der Waals surface area contributed by atoms with Crippen LogP contribution >= 0.6 is 0 Å². The fourth-order valence-corrected chi connectivity index (χ4v) is 2.64. The van der Waals surface area contributed by atoms with Gasteiger partial charge in [0, 0.05) is 31.6 Å². The minimum Gasteiger partial charge on any atom is -0.398 e. The van der Waals surface area contributed by atoms with E-state index in [9.17, 15) is 0 Å². The Labute approximate surface area is 113 Å². The summed E-state index contributed by atoms with van der Waals surface area (Å²) >= 11 is 0. The first-order valence-corrected chi connectivity index (χ1v) is 6.47. The molecule has 1 heterocycles. The smallest absolute Gasteiger partial charge is 0.0713 e. The molecule has 0 fully saturated rings. The van der Waals surface area contributed by atoms with Gasteiger partial charge in [-0.05, 0) is 34.9 Å². The van der Waals surface area contributed by atoms with Crippen molar-refractivity contribution in [2.24, 2.45) is 0 Å². The number of nitrogens with two attached hydrogens (primary N) is 1. The average Bonchev–Trinajstić information content (AvgIpc) is 2.85. The molecular weight excluding hydrogens is 236 g/mol. The molecule has 0 radical (unpaired) electrons. The minimum atomic E-state index is 0.650. The molecule has 1 aliphatic heterocycles. The lowest BCUT2D eigenvalue weighted by Crippen LogP contribution is -2.14. The number of rotatable bonds is 3. The molecule has 0 bridgehead atoms. The quantitative estimate of drug-likeness (QED) is 0.856. The molecule has 3 heteroatoms. The molecule has 0 atom stereocenters. The molecule has 0 aromatic heterocycles. The van der Waals surface area contributed by atoms with Crippen molar-refractivity contribution in [2.75, 3.05) is 17.7 Å². The van der Waals surface area contributed by atoms with E-state index in [1.807, 2.05) is 12.1 Å². The van der Waals surface area contributed by atoms with E-state index in [4.69, 9.17) is 10.5 Å². The number of nitrogen functional groups attached to an aromatic ring is 1. The lowest BCUT2D eigenvalue weighted by atomic mass is 10.1. The zero-order chi connectivity index (χ0) is 13.2. The van der Waals surface area contributed by atoms with Crippen molar-refractivity contribution < 1.29 is 4.74 Å². The van der Waals surface area contributed by atoms with Gasteiger partial charge in [0.15, 0.2) is 0 Å². The predicted molar refractivity (Wildman–Crippen MR) is 77.9 cm³/mol. The fraction of sp³-hybridized carbons (Fsp3) is 0.250. The van der Waals surface area contributed by atoms with Crippen LogP contribution in [-0.4, -0.2) is 7.11 Å². The van der Waals surface area contributed by atoms with E-state index in [1.165, 1.54) is 22.4 Å². The van der Waals surface area contributed by atoms with Crippen LogP contribution in [0.2, 0.25) is 0 Å². The van der Waals surface area contributed by atoms with Gasteiger partial charge in [0.2, 0.25) is 0 Å². The Balaban J connectivity index is 1.86. The van der Waals surface area contributed by atoms with Crippen molar-refractivity contribution in [3.8, 4) is 0 Å². The molecule has 2 aromatic rings. The molecular formula is C16H18N2O. The van der Waals surface area contributed by atoms with Gasteiger partial charge in [-0.1, -0.05) is 24.3 Å². The highest BCUT2D eigenvalue weighted by molar-refractivity contribution is 5.60. The van der Waals surface area contributed by atoms with Gasteiger partial charge < -0.3 is 15.4 Å². The number of methoxy groups -OCH3 is 1. The molecule has 3 nitrogen and oxygen atoms in total. The second kappa shape index (κ2) is 4.94. The van der Waals surface area contributed by atoms with Gasteiger partial charge in [-0.25, -0.2) is 0 Å². The molecule has 0 aliphatic carbocycles. The van der Waals surface area contributed by atoms with Crippen LogP contribution in [0.25, 0.3) is 0 Å². The molecule has 98 valence electrons. The number of ether oxygens (including phenoxy) is 1. The van der Waals surface area contributed by atoms with E-state index >= 15 is 0 Å². The largest absolute Gasteiger partial charge is 0.398 e. The molecule has 2 N–H and O–H groups in total. The number of hydrogen-bond acceptors (Lipinski definition) is 3. The first kappa shape index (κ1) is 12.1. The van der Waals surface area contributed by atoms with Crippen molar-refractivity contribution >= 4 is 11.4 Å². The second-order valence-corrected chi connectivity index (χ2v) is 4.94. The Hall–Kier alpha value is -2.00. The van der Waals surface area contributed by atoms with Crippen LogP contribution in [0.3, 0.4) is 0 Å². The van der Waals surface area contributed by atoms with Crippen LogP contribution < -0.4 is 10.6 Å². The van der Waals surface area contributed by atoms with Crippen LogP contribution in [0.15, 0.2) is 42.5 Å². The number of fused-ring (bicyclic) bond motifs is 1. The van der Waals surface area contributed by atoms with Crippen LogP contribution in [0, 0.1) is 0 Å². The van der Waals surface area contributed by atoms with Gasteiger partial charge in [-0.3, -0.25) is 0 Å². The number of anilines is 2. The minimum absolute atomic E-state index is 0.650. The van der Waals surface area contributed by atoms with E-state index in [-0.39, 0.29) is 0 Å². The molecule has 0 unspecified atom stereocenters. The van der Waals surface area contributed by atoms with E-state index in [0.717, 1.165) is 18.8 Å². The summed E-state index contributed by atoms with van der Waals surface area (Å²) in [5, 5.41) is 0. The Morgan fingerprint density at radius 1 is 1.16 bits per heavy atom. The van der Waals surface area contributed by atoms with Crippen molar-refractivity contribution in [3.05, 3.63) is 59.2 Å². The van der Waals surface area contributed by atoms with Gasteiger partial charge >= 0.3 is 0 Å². The van der Waals surface area contributed by atoms with Gasteiger partial charge in [-0.15, -0.1) is 0 Å². The Kier molecular flexibility index (Phi) is 3.13. The summed E-state index contributed by atoms with van der Waals surface area (Å²) < 4.78 is 5.19. The predicted octanol–water partition coefficient (Wildman–Crippen LogP) is 2.94. The van der Waals surface area contributed by atoms with Gasteiger partial charge in [0.25, 0.3) is 0 Å². The maximum absolute atomic E-state index is 6.04. The summed E-state index contributed by atoms with van der Waals surface area (Å²) in [6, 6.07) is 14.7. The van der Waals surface area contributed by atoms with Gasteiger partial charge in [0.05, 0.1) is 6.61 Å². The van der Waals surface area contributed by atoms with Crippen LogP contribution in [0.1, 0.15) is 16.7 Å². The highest BCUT2D eigenvalue weighted by Crippen LogP contribution is 2.31. The normalized spacial score (nSPS) is 13.6. The zero-order valence-electron chi connectivity index (χ0n) is 11.1. The maximum Gasteiger partial charge on any atom is 0.0713 e. The van der Waals surface area contributed by atoms with Crippen molar-refractivity contribution in [3.63, 3.8) is 0 Å². The van der Waals surface area contributed by atoms with Crippen molar-refractivity contribution in [1.29, 1.82) is 0 Å². The van der Waals surface area contributed by atoms with Crippen molar-refractivity contribution in [2.45, 2.75) is 19.7 Å². The summed E-state index contributed by atoms with van der Waals surface area (Å²) in [5.74, 6) is 0. The average molecular weight is 254 g/mol. The van der Waals surface area contributed by atoms with Crippen LogP contribution in [0.4, 0.5) is 11.4 Å². The summed E-state index contributed by atoms with van der Waals surface area (Å²) in [7, 11) is 1.72. The third-order valence-corrected chi connectivity index (χ3v) is 3.61. The molecule has 1 aliphatic rings. The molecule has 19 heavy (non-hydrogen) atoms. The first-order chi connectivity index (χ1) is 9.28. The lowest BCUT2D eigenvalue weighted by Gasteiger charge is -2.18. The fourth-order valence-electron chi connectivity index (χ4n) is 2.64. The second-order valence-electron chi connectivity index (χ2n) is 4.94. The summed E-state index contributed by atoms with van der Waals surface area (Å²) in [4.78, 5) is 2.35. The molecule has 0 amide bonds.